The summed E-state index contributed by atoms with van der Waals surface area (Å²) in [6.45, 7) is -0.140. The standard InChI is InChI=1S/C14H16N2O6/c17-6-14-4-8(14)9(3-10(14)18)16-5-7(1-2-11(19)20)12(21)15-13(16)22/h1-2,5,8-10,17-18H,3-4,6H2,(H,19,20)(H,15,21,22)/b2-1+/t8-,9+,10+,14-/m1/s1. The van der Waals surface area contributed by atoms with Gasteiger partial charge in [-0.05, 0) is 24.8 Å². The van der Waals surface area contributed by atoms with Gasteiger partial charge in [-0.1, -0.05) is 0 Å². The Balaban J connectivity index is 1.99. The smallest absolute Gasteiger partial charge is 0.328 e. The first-order chi connectivity index (χ1) is 10.4. The summed E-state index contributed by atoms with van der Waals surface area (Å²) in [6, 6.07) is -0.316. The van der Waals surface area contributed by atoms with Crippen LogP contribution in [-0.2, 0) is 4.79 Å². The summed E-state index contributed by atoms with van der Waals surface area (Å²) in [5.41, 5.74) is -1.76. The topological polar surface area (TPSA) is 133 Å². The lowest BCUT2D eigenvalue weighted by Gasteiger charge is -2.17. The number of carboxylic acids is 1. The van der Waals surface area contributed by atoms with Crippen LogP contribution in [0.4, 0.5) is 0 Å². The van der Waals surface area contributed by atoms with Crippen molar-refractivity contribution in [1.82, 2.24) is 9.55 Å². The average Bonchev–Trinajstić information content (AvgIpc) is 3.13. The van der Waals surface area contributed by atoms with Gasteiger partial charge in [-0.25, -0.2) is 9.59 Å². The molecule has 4 atom stereocenters. The molecule has 8 nitrogen and oxygen atoms in total. The Bertz CT molecular complexity index is 763. The molecule has 0 spiro atoms. The van der Waals surface area contributed by atoms with Crippen LogP contribution in [0.3, 0.4) is 0 Å². The number of aromatic amines is 1. The van der Waals surface area contributed by atoms with E-state index in [1.54, 1.807) is 0 Å². The zero-order valence-electron chi connectivity index (χ0n) is 11.6. The number of carbonyl (C=O) groups is 1. The molecule has 0 amide bonds. The van der Waals surface area contributed by atoms with Gasteiger partial charge < -0.3 is 15.3 Å². The van der Waals surface area contributed by atoms with Crippen LogP contribution in [0, 0.1) is 11.3 Å². The van der Waals surface area contributed by atoms with Gasteiger partial charge >= 0.3 is 11.7 Å². The van der Waals surface area contributed by atoms with Crippen LogP contribution in [0.15, 0.2) is 21.9 Å². The minimum absolute atomic E-state index is 0.0209. The van der Waals surface area contributed by atoms with Gasteiger partial charge in [0, 0.05) is 23.7 Å². The van der Waals surface area contributed by atoms with Crippen molar-refractivity contribution in [3.63, 3.8) is 0 Å². The van der Waals surface area contributed by atoms with Gasteiger partial charge in [0.1, 0.15) is 0 Å². The molecule has 1 aromatic rings. The van der Waals surface area contributed by atoms with Crippen molar-refractivity contribution in [1.29, 1.82) is 0 Å². The van der Waals surface area contributed by atoms with Gasteiger partial charge in [0.15, 0.2) is 0 Å². The predicted octanol–water partition coefficient (Wildman–Crippen LogP) is -1.06. The van der Waals surface area contributed by atoms with E-state index in [2.05, 4.69) is 4.98 Å². The molecule has 8 heteroatoms. The number of aliphatic hydroxyl groups is 2. The molecule has 118 valence electrons. The van der Waals surface area contributed by atoms with Gasteiger partial charge in [-0.2, -0.15) is 0 Å². The molecule has 2 fully saturated rings. The number of hydrogen-bond acceptors (Lipinski definition) is 5. The van der Waals surface area contributed by atoms with E-state index in [1.807, 2.05) is 0 Å². The average molecular weight is 308 g/mol. The number of nitrogens with one attached hydrogen (secondary N) is 1. The molecule has 0 radical (unpaired) electrons. The molecular formula is C14H16N2O6. The SMILES string of the molecule is O=C(O)/C=C/c1cn([C@H]2C[C@H](O)[C@@]3(CO)C[C@H]23)c(=O)[nH]c1=O. The molecule has 1 aromatic heterocycles. The second-order valence-electron chi connectivity index (χ2n) is 5.94. The van der Waals surface area contributed by atoms with E-state index < -0.39 is 28.7 Å². The number of carboxylic acid groups (broad SMARTS) is 1. The molecule has 0 bridgehead atoms. The Kier molecular flexibility index (Phi) is 3.30. The quantitative estimate of drug-likeness (QED) is 0.524. The fourth-order valence-corrected chi connectivity index (χ4v) is 3.50. The van der Waals surface area contributed by atoms with E-state index in [0.29, 0.717) is 12.8 Å². The molecule has 0 saturated heterocycles. The lowest BCUT2D eigenvalue weighted by atomic mass is 10.0. The molecule has 2 aliphatic carbocycles. The van der Waals surface area contributed by atoms with E-state index in [-0.39, 0.29) is 24.1 Å². The first-order valence-corrected chi connectivity index (χ1v) is 6.94. The maximum atomic E-state index is 12.0. The van der Waals surface area contributed by atoms with Crippen LogP contribution in [-0.4, -0.2) is 43.6 Å². The van der Waals surface area contributed by atoms with Crippen molar-refractivity contribution in [3.8, 4) is 0 Å². The number of H-pyrrole nitrogens is 1. The summed E-state index contributed by atoms with van der Waals surface area (Å²) in [7, 11) is 0. The Morgan fingerprint density at radius 1 is 1.50 bits per heavy atom. The van der Waals surface area contributed by atoms with Crippen LogP contribution >= 0.6 is 0 Å². The lowest BCUT2D eigenvalue weighted by molar-refractivity contribution is -0.131. The third-order valence-electron chi connectivity index (χ3n) is 4.82. The second-order valence-corrected chi connectivity index (χ2v) is 5.94. The number of hydrogen-bond donors (Lipinski definition) is 4. The first-order valence-electron chi connectivity index (χ1n) is 6.94. The summed E-state index contributed by atoms with van der Waals surface area (Å²) >= 11 is 0. The molecule has 0 aliphatic heterocycles. The van der Waals surface area contributed by atoms with Crippen molar-refractivity contribution >= 4 is 12.0 Å². The number of nitrogens with zero attached hydrogens (tertiary/aromatic N) is 1. The molecule has 0 unspecified atom stereocenters. The third-order valence-corrected chi connectivity index (χ3v) is 4.82. The maximum Gasteiger partial charge on any atom is 0.328 e. The summed E-state index contributed by atoms with van der Waals surface area (Å²) in [4.78, 5) is 36.4. The normalized spacial score (nSPS) is 33.1. The predicted molar refractivity (Wildman–Crippen MR) is 75.3 cm³/mol. The van der Waals surface area contributed by atoms with E-state index in [0.717, 1.165) is 12.2 Å². The summed E-state index contributed by atoms with van der Waals surface area (Å²) in [6.07, 6.45) is 3.50. The van der Waals surface area contributed by atoms with Crippen molar-refractivity contribution in [2.75, 3.05) is 6.61 Å². The van der Waals surface area contributed by atoms with E-state index in [1.165, 1.54) is 10.8 Å². The van der Waals surface area contributed by atoms with Gasteiger partial charge in [0.2, 0.25) is 0 Å². The Morgan fingerprint density at radius 3 is 2.77 bits per heavy atom. The number of aliphatic hydroxyl groups excluding tert-OH is 2. The van der Waals surface area contributed by atoms with Crippen molar-refractivity contribution in [2.45, 2.75) is 25.0 Å². The minimum atomic E-state index is -1.20. The monoisotopic (exact) mass is 308 g/mol. The van der Waals surface area contributed by atoms with Gasteiger partial charge in [-0.15, -0.1) is 0 Å². The zero-order valence-corrected chi connectivity index (χ0v) is 11.6. The third kappa shape index (κ3) is 2.11. The van der Waals surface area contributed by atoms with Crippen LogP contribution in [0.2, 0.25) is 0 Å². The highest BCUT2D eigenvalue weighted by Crippen LogP contribution is 2.66. The van der Waals surface area contributed by atoms with Crippen LogP contribution in [0.25, 0.3) is 6.08 Å². The molecule has 2 saturated carbocycles. The number of rotatable bonds is 4. The molecule has 2 aliphatic rings. The molecule has 22 heavy (non-hydrogen) atoms. The second kappa shape index (κ2) is 4.92. The fourth-order valence-electron chi connectivity index (χ4n) is 3.50. The summed E-state index contributed by atoms with van der Waals surface area (Å²) in [5.74, 6) is -1.22. The zero-order chi connectivity index (χ0) is 16.1. The van der Waals surface area contributed by atoms with E-state index in [9.17, 15) is 24.6 Å². The Hall–Kier alpha value is -2.19. The number of fused-ring (bicyclic) bond motifs is 1. The van der Waals surface area contributed by atoms with Crippen molar-refractivity contribution in [3.05, 3.63) is 38.7 Å². The summed E-state index contributed by atoms with van der Waals surface area (Å²) < 4.78 is 1.32. The Labute approximate surface area is 124 Å². The largest absolute Gasteiger partial charge is 0.478 e. The highest BCUT2D eigenvalue weighted by Gasteiger charge is 2.67. The van der Waals surface area contributed by atoms with Crippen molar-refractivity contribution in [2.24, 2.45) is 11.3 Å². The minimum Gasteiger partial charge on any atom is -0.478 e. The first kappa shape index (κ1) is 14.7. The molecule has 3 rings (SSSR count). The molecule has 0 aromatic carbocycles. The number of aliphatic carboxylic acids is 1. The lowest BCUT2D eigenvalue weighted by Crippen LogP contribution is -2.33. The highest BCUT2D eigenvalue weighted by atomic mass is 16.4. The fraction of sp³-hybridized carbons (Fsp3) is 0.500. The van der Waals surface area contributed by atoms with Gasteiger partial charge in [0.25, 0.3) is 5.56 Å². The highest BCUT2D eigenvalue weighted by molar-refractivity contribution is 5.85. The molecular weight excluding hydrogens is 292 g/mol. The van der Waals surface area contributed by atoms with Crippen molar-refractivity contribution < 1.29 is 20.1 Å². The van der Waals surface area contributed by atoms with E-state index in [4.69, 9.17) is 5.11 Å². The molecule has 1 heterocycles. The molecule has 4 N–H and O–H groups in total. The Morgan fingerprint density at radius 2 is 2.23 bits per heavy atom. The summed E-state index contributed by atoms with van der Waals surface area (Å²) in [5, 5.41) is 28.1. The van der Waals surface area contributed by atoms with Crippen LogP contribution in [0.1, 0.15) is 24.4 Å². The van der Waals surface area contributed by atoms with Gasteiger partial charge in [-0.3, -0.25) is 14.3 Å². The van der Waals surface area contributed by atoms with E-state index >= 15 is 0 Å². The maximum absolute atomic E-state index is 12.0. The number of aromatic nitrogens is 2. The van der Waals surface area contributed by atoms with Gasteiger partial charge in [0.05, 0.1) is 18.3 Å². The van der Waals surface area contributed by atoms with Crippen LogP contribution < -0.4 is 11.2 Å². The van der Waals surface area contributed by atoms with Crippen LogP contribution in [0.5, 0.6) is 0 Å².